The van der Waals surface area contributed by atoms with Crippen LogP contribution in [0.1, 0.15) is 42.5 Å². The van der Waals surface area contributed by atoms with Crippen molar-refractivity contribution in [3.63, 3.8) is 0 Å². The molecule has 1 saturated carbocycles. The van der Waals surface area contributed by atoms with Gasteiger partial charge in [0.2, 0.25) is 0 Å². The molecule has 98 valence electrons. The van der Waals surface area contributed by atoms with E-state index in [2.05, 4.69) is 10.3 Å². The molecule has 2 unspecified atom stereocenters. The van der Waals surface area contributed by atoms with E-state index in [4.69, 9.17) is 23.2 Å². The number of hydrogen-bond donors (Lipinski definition) is 1. The van der Waals surface area contributed by atoms with Gasteiger partial charge < -0.3 is 5.32 Å². The van der Waals surface area contributed by atoms with Gasteiger partial charge in [-0.2, -0.15) is 0 Å². The van der Waals surface area contributed by atoms with Crippen molar-refractivity contribution < 1.29 is 4.79 Å². The molecule has 1 aliphatic carbocycles. The Labute approximate surface area is 117 Å². The van der Waals surface area contributed by atoms with E-state index in [0.717, 1.165) is 25.7 Å². The molecular weight excluding hydrogens is 271 g/mol. The van der Waals surface area contributed by atoms with Crippen molar-refractivity contribution in [2.75, 3.05) is 0 Å². The van der Waals surface area contributed by atoms with Crippen molar-refractivity contribution in [2.45, 2.75) is 43.5 Å². The average molecular weight is 287 g/mol. The molecular formula is C13H16Cl2N2O. The lowest BCUT2D eigenvalue weighted by Crippen LogP contribution is -2.40. The maximum atomic E-state index is 12.1. The molecule has 0 aliphatic heterocycles. The lowest BCUT2D eigenvalue weighted by atomic mass is 10.1. The van der Waals surface area contributed by atoms with E-state index < -0.39 is 0 Å². The molecule has 1 fully saturated rings. The zero-order chi connectivity index (χ0) is 13.0. The molecule has 1 heterocycles. The maximum absolute atomic E-state index is 12.1. The van der Waals surface area contributed by atoms with Crippen molar-refractivity contribution in [3.05, 3.63) is 29.0 Å². The van der Waals surface area contributed by atoms with Crippen molar-refractivity contribution >= 4 is 29.1 Å². The van der Waals surface area contributed by atoms with Crippen molar-refractivity contribution in [1.82, 2.24) is 10.3 Å². The van der Waals surface area contributed by atoms with Crippen LogP contribution in [0.5, 0.6) is 0 Å². The topological polar surface area (TPSA) is 42.0 Å². The monoisotopic (exact) mass is 286 g/mol. The number of nitrogens with zero attached hydrogens (tertiary/aromatic N) is 1. The van der Waals surface area contributed by atoms with Gasteiger partial charge >= 0.3 is 0 Å². The molecule has 0 radical (unpaired) electrons. The van der Waals surface area contributed by atoms with Gasteiger partial charge in [0.25, 0.3) is 5.91 Å². The summed E-state index contributed by atoms with van der Waals surface area (Å²) in [5.74, 6) is -0.167. The molecule has 2 atom stereocenters. The number of carbonyl (C=O) groups excluding carboxylic acids is 1. The van der Waals surface area contributed by atoms with Crippen LogP contribution in [0.25, 0.3) is 0 Å². The number of carbonyl (C=O) groups is 1. The second kappa shape index (κ2) is 6.39. The number of alkyl halides is 1. The molecule has 18 heavy (non-hydrogen) atoms. The summed E-state index contributed by atoms with van der Waals surface area (Å²) in [5.41, 5.74) is 0.458. The second-order valence-electron chi connectivity index (χ2n) is 4.59. The van der Waals surface area contributed by atoms with Gasteiger partial charge in [0, 0.05) is 18.4 Å². The van der Waals surface area contributed by atoms with E-state index in [1.165, 1.54) is 12.6 Å². The van der Waals surface area contributed by atoms with Crippen LogP contribution in [0.2, 0.25) is 5.02 Å². The fourth-order valence-corrected chi connectivity index (χ4v) is 2.78. The normalized spacial score (nSPS) is 24.3. The van der Waals surface area contributed by atoms with Gasteiger partial charge in [0.05, 0.1) is 16.0 Å². The number of aromatic nitrogens is 1. The Bertz CT molecular complexity index is 425. The predicted octanol–water partition coefficient (Wildman–Crippen LogP) is 3.40. The lowest BCUT2D eigenvalue weighted by Gasteiger charge is -2.21. The summed E-state index contributed by atoms with van der Waals surface area (Å²) in [6.45, 7) is 0. The molecule has 3 nitrogen and oxygen atoms in total. The number of nitrogens with one attached hydrogen (secondary N) is 1. The summed E-state index contributed by atoms with van der Waals surface area (Å²) < 4.78 is 0. The van der Waals surface area contributed by atoms with Gasteiger partial charge in [-0.05, 0) is 18.9 Å². The van der Waals surface area contributed by atoms with Crippen LogP contribution in [0.4, 0.5) is 0 Å². The van der Waals surface area contributed by atoms with Crippen molar-refractivity contribution in [3.8, 4) is 0 Å². The largest absolute Gasteiger partial charge is 0.348 e. The maximum Gasteiger partial charge on any atom is 0.253 e. The Morgan fingerprint density at radius 2 is 2.11 bits per heavy atom. The molecule has 0 saturated heterocycles. The molecule has 1 aliphatic rings. The number of pyridine rings is 1. The Morgan fingerprint density at radius 1 is 1.33 bits per heavy atom. The summed E-state index contributed by atoms with van der Waals surface area (Å²) in [5, 5.41) is 3.36. The van der Waals surface area contributed by atoms with E-state index >= 15 is 0 Å². The zero-order valence-corrected chi connectivity index (χ0v) is 11.5. The van der Waals surface area contributed by atoms with E-state index in [9.17, 15) is 4.79 Å². The van der Waals surface area contributed by atoms with Crippen LogP contribution < -0.4 is 5.32 Å². The fraction of sp³-hybridized carbons (Fsp3) is 0.538. The van der Waals surface area contributed by atoms with Crippen LogP contribution in [-0.4, -0.2) is 22.3 Å². The summed E-state index contributed by atoms with van der Waals surface area (Å²) >= 11 is 12.2. The molecule has 2 rings (SSSR count). The Hall–Kier alpha value is -0.800. The van der Waals surface area contributed by atoms with Crippen LogP contribution in [0, 0.1) is 0 Å². The van der Waals surface area contributed by atoms with Crippen LogP contribution in [0.3, 0.4) is 0 Å². The summed E-state index contributed by atoms with van der Waals surface area (Å²) in [7, 11) is 0. The van der Waals surface area contributed by atoms with Crippen LogP contribution in [-0.2, 0) is 0 Å². The number of rotatable bonds is 2. The highest BCUT2D eigenvalue weighted by atomic mass is 35.5. The van der Waals surface area contributed by atoms with E-state index in [1.54, 1.807) is 12.3 Å². The lowest BCUT2D eigenvalue weighted by molar-refractivity contribution is 0.0934. The second-order valence-corrected chi connectivity index (χ2v) is 5.56. The first-order chi connectivity index (χ1) is 8.68. The summed E-state index contributed by atoms with van der Waals surface area (Å²) in [6, 6.07) is 1.66. The summed E-state index contributed by atoms with van der Waals surface area (Å²) in [4.78, 5) is 16.0. The molecule has 1 N–H and O–H groups in total. The van der Waals surface area contributed by atoms with E-state index in [1.807, 2.05) is 0 Å². The first-order valence-corrected chi connectivity index (χ1v) is 7.04. The number of halogens is 2. The third-order valence-corrected chi connectivity index (χ3v) is 4.09. The SMILES string of the molecule is O=C(NC1CCCCCC1Cl)c1ccncc1Cl. The molecule has 1 amide bonds. The molecule has 0 spiro atoms. The third-order valence-electron chi connectivity index (χ3n) is 3.27. The van der Waals surface area contributed by atoms with Gasteiger partial charge in [-0.15, -0.1) is 11.6 Å². The highest BCUT2D eigenvalue weighted by molar-refractivity contribution is 6.33. The number of hydrogen-bond acceptors (Lipinski definition) is 2. The summed E-state index contributed by atoms with van der Waals surface area (Å²) in [6.07, 6.45) is 8.35. The highest BCUT2D eigenvalue weighted by Gasteiger charge is 2.24. The van der Waals surface area contributed by atoms with Gasteiger partial charge in [-0.25, -0.2) is 0 Å². The van der Waals surface area contributed by atoms with Crippen LogP contribution in [0.15, 0.2) is 18.5 Å². The quantitative estimate of drug-likeness (QED) is 0.669. The smallest absolute Gasteiger partial charge is 0.253 e. The third kappa shape index (κ3) is 3.36. The standard InChI is InChI=1S/C13H16Cl2N2O/c14-10-4-2-1-3-5-12(10)17-13(18)9-6-7-16-8-11(9)15/h6-8,10,12H,1-5H2,(H,17,18). The van der Waals surface area contributed by atoms with Gasteiger partial charge in [-0.1, -0.05) is 30.9 Å². The Balaban J connectivity index is 2.04. The number of amides is 1. The molecule has 5 heteroatoms. The Morgan fingerprint density at radius 3 is 2.89 bits per heavy atom. The highest BCUT2D eigenvalue weighted by Crippen LogP contribution is 2.23. The molecule has 0 aromatic carbocycles. The molecule has 1 aromatic heterocycles. The molecule has 0 bridgehead atoms. The van der Waals surface area contributed by atoms with Gasteiger partial charge in [-0.3, -0.25) is 9.78 Å². The first kappa shape index (κ1) is 13.6. The van der Waals surface area contributed by atoms with Gasteiger partial charge in [0.15, 0.2) is 0 Å². The average Bonchev–Trinajstić information content (AvgIpc) is 2.55. The predicted molar refractivity (Wildman–Crippen MR) is 73.2 cm³/mol. The fourth-order valence-electron chi connectivity index (χ4n) is 2.23. The van der Waals surface area contributed by atoms with E-state index in [-0.39, 0.29) is 17.3 Å². The minimum Gasteiger partial charge on any atom is -0.348 e. The van der Waals surface area contributed by atoms with Crippen LogP contribution >= 0.6 is 23.2 Å². The minimum atomic E-state index is -0.167. The van der Waals surface area contributed by atoms with Crippen molar-refractivity contribution in [2.24, 2.45) is 0 Å². The molecule has 1 aromatic rings. The van der Waals surface area contributed by atoms with Crippen molar-refractivity contribution in [1.29, 1.82) is 0 Å². The van der Waals surface area contributed by atoms with Gasteiger partial charge in [0.1, 0.15) is 0 Å². The van der Waals surface area contributed by atoms with E-state index in [0.29, 0.717) is 10.6 Å². The first-order valence-electron chi connectivity index (χ1n) is 6.23. The zero-order valence-electron chi connectivity index (χ0n) is 10.0. The Kier molecular flexibility index (Phi) is 4.84. The minimum absolute atomic E-state index is 0.0112.